The molecule has 0 bridgehead atoms. The van der Waals surface area contributed by atoms with Gasteiger partial charge in [0.2, 0.25) is 0 Å². The highest BCUT2D eigenvalue weighted by atomic mass is 16.1. The van der Waals surface area contributed by atoms with Crippen molar-refractivity contribution in [1.82, 2.24) is 0 Å². The zero-order valence-corrected chi connectivity index (χ0v) is 7.55. The van der Waals surface area contributed by atoms with Gasteiger partial charge >= 0.3 is 0 Å². The van der Waals surface area contributed by atoms with Gasteiger partial charge < -0.3 is 0 Å². The number of allylic oxidation sites excluding steroid dienone is 3. The van der Waals surface area contributed by atoms with Crippen molar-refractivity contribution in [3.8, 4) is 6.07 Å². The molecule has 2 nitrogen and oxygen atoms in total. The Balaban J connectivity index is 2.91. The Morgan fingerprint density at radius 2 is 2.00 bits per heavy atom. The summed E-state index contributed by atoms with van der Waals surface area (Å²) in [5.41, 5.74) is 1.41. The Labute approximate surface area is 82.8 Å². The third kappa shape index (κ3) is 3.08. The summed E-state index contributed by atoms with van der Waals surface area (Å²) in [4.78, 5) is 10.1. The van der Waals surface area contributed by atoms with E-state index in [4.69, 9.17) is 5.26 Å². The lowest BCUT2D eigenvalue weighted by Gasteiger charge is -1.91. The average molecular weight is 183 g/mol. The van der Waals surface area contributed by atoms with Gasteiger partial charge in [0.1, 0.15) is 6.29 Å². The zero-order valence-electron chi connectivity index (χ0n) is 7.55. The maximum atomic E-state index is 10.1. The summed E-state index contributed by atoms with van der Waals surface area (Å²) in [7, 11) is 0. The summed E-state index contributed by atoms with van der Waals surface area (Å²) in [5.74, 6) is 0. The van der Waals surface area contributed by atoms with Gasteiger partial charge in [0.05, 0.1) is 11.6 Å². The summed E-state index contributed by atoms with van der Waals surface area (Å²) in [6.07, 6.45) is 5.16. The first-order chi connectivity index (χ1) is 6.86. The van der Waals surface area contributed by atoms with E-state index in [-0.39, 0.29) is 0 Å². The second-order valence-electron chi connectivity index (χ2n) is 2.62. The molecule has 0 fully saturated rings. The third-order valence-corrected chi connectivity index (χ3v) is 1.61. The highest BCUT2D eigenvalue weighted by molar-refractivity contribution is 5.69. The molecular formula is C12H9NO. The van der Waals surface area contributed by atoms with Crippen molar-refractivity contribution in [2.24, 2.45) is 0 Å². The molecule has 0 aliphatic carbocycles. The van der Waals surface area contributed by atoms with E-state index in [9.17, 15) is 4.79 Å². The number of rotatable bonds is 3. The molecule has 0 aliphatic rings. The number of nitrogens with zero attached hydrogens (tertiary/aromatic N) is 1. The fraction of sp³-hybridized carbons (Fsp3) is 0. The standard InChI is InChI=1S/C12H9NO/c13-10-12(7-4-8-14)9-11-5-2-1-3-6-11/h1-9H. The first-order valence-electron chi connectivity index (χ1n) is 4.15. The van der Waals surface area contributed by atoms with Gasteiger partial charge in [-0.2, -0.15) is 5.26 Å². The minimum atomic E-state index is 0.461. The van der Waals surface area contributed by atoms with Crippen LogP contribution in [0.2, 0.25) is 0 Å². The van der Waals surface area contributed by atoms with E-state index in [1.54, 1.807) is 6.08 Å². The van der Waals surface area contributed by atoms with Crippen molar-refractivity contribution in [2.75, 3.05) is 0 Å². The summed E-state index contributed by atoms with van der Waals surface area (Å²) < 4.78 is 0. The van der Waals surface area contributed by atoms with E-state index in [1.807, 2.05) is 36.4 Å². The van der Waals surface area contributed by atoms with Crippen LogP contribution in [-0.4, -0.2) is 6.29 Å². The topological polar surface area (TPSA) is 40.9 Å². The molecule has 0 heterocycles. The molecule has 0 amide bonds. The smallest absolute Gasteiger partial charge is 0.142 e. The average Bonchev–Trinajstić information content (AvgIpc) is 2.25. The number of hydrogen-bond donors (Lipinski definition) is 0. The van der Waals surface area contributed by atoms with Crippen molar-refractivity contribution in [1.29, 1.82) is 5.26 Å². The molecule has 0 aromatic heterocycles. The molecule has 0 radical (unpaired) electrons. The van der Waals surface area contributed by atoms with Gasteiger partial charge in [-0.1, -0.05) is 30.3 Å². The van der Waals surface area contributed by atoms with Gasteiger partial charge in [-0.25, -0.2) is 0 Å². The van der Waals surface area contributed by atoms with Crippen LogP contribution in [0.5, 0.6) is 0 Å². The maximum absolute atomic E-state index is 10.1. The van der Waals surface area contributed by atoms with Crippen LogP contribution >= 0.6 is 0 Å². The molecular weight excluding hydrogens is 174 g/mol. The molecule has 14 heavy (non-hydrogen) atoms. The van der Waals surface area contributed by atoms with Crippen molar-refractivity contribution in [3.05, 3.63) is 53.6 Å². The number of hydrogen-bond acceptors (Lipinski definition) is 2. The molecule has 0 spiro atoms. The second kappa shape index (κ2) is 5.50. The Morgan fingerprint density at radius 1 is 1.29 bits per heavy atom. The Hall–Kier alpha value is -2.14. The van der Waals surface area contributed by atoms with Crippen LogP contribution in [0.1, 0.15) is 5.56 Å². The second-order valence-corrected chi connectivity index (χ2v) is 2.62. The first kappa shape index (κ1) is 9.94. The van der Waals surface area contributed by atoms with Crippen molar-refractivity contribution in [2.45, 2.75) is 0 Å². The molecule has 1 rings (SSSR count). The molecule has 0 unspecified atom stereocenters. The van der Waals surface area contributed by atoms with Gasteiger partial charge in [-0.3, -0.25) is 4.79 Å². The molecule has 0 aliphatic heterocycles. The van der Waals surface area contributed by atoms with Crippen molar-refractivity contribution >= 4 is 12.4 Å². The number of benzene rings is 1. The predicted octanol–water partition coefficient (Wildman–Crippen LogP) is 2.35. The highest BCUT2D eigenvalue weighted by Gasteiger charge is 1.89. The van der Waals surface area contributed by atoms with Crippen molar-refractivity contribution in [3.63, 3.8) is 0 Å². The van der Waals surface area contributed by atoms with E-state index in [0.29, 0.717) is 11.9 Å². The predicted molar refractivity (Wildman–Crippen MR) is 55.2 cm³/mol. The summed E-state index contributed by atoms with van der Waals surface area (Å²) in [5, 5.41) is 8.73. The van der Waals surface area contributed by atoms with E-state index in [1.165, 1.54) is 12.2 Å². The molecule has 0 N–H and O–H groups in total. The molecule has 0 saturated carbocycles. The number of aldehydes is 1. The van der Waals surface area contributed by atoms with Crippen molar-refractivity contribution < 1.29 is 4.79 Å². The third-order valence-electron chi connectivity index (χ3n) is 1.61. The van der Waals surface area contributed by atoms with Crippen LogP contribution < -0.4 is 0 Å². The van der Waals surface area contributed by atoms with Crippen LogP contribution in [0, 0.1) is 11.3 Å². The van der Waals surface area contributed by atoms with Crippen LogP contribution in [0.25, 0.3) is 6.08 Å². The zero-order chi connectivity index (χ0) is 10.2. The minimum absolute atomic E-state index is 0.461. The van der Waals surface area contributed by atoms with Crippen LogP contribution in [0.4, 0.5) is 0 Å². The van der Waals surface area contributed by atoms with Crippen LogP contribution in [0.15, 0.2) is 48.1 Å². The quantitative estimate of drug-likeness (QED) is 0.312. The van der Waals surface area contributed by atoms with E-state index >= 15 is 0 Å². The fourth-order valence-corrected chi connectivity index (χ4v) is 0.989. The number of carbonyl (C=O) groups excluding carboxylic acids is 1. The molecule has 1 aromatic rings. The monoisotopic (exact) mass is 183 g/mol. The van der Waals surface area contributed by atoms with Gasteiger partial charge in [-0.15, -0.1) is 0 Å². The highest BCUT2D eigenvalue weighted by Crippen LogP contribution is 2.06. The lowest BCUT2D eigenvalue weighted by Crippen LogP contribution is -1.75. The lowest BCUT2D eigenvalue weighted by atomic mass is 10.1. The largest absolute Gasteiger partial charge is 0.299 e. The first-order valence-corrected chi connectivity index (χ1v) is 4.15. The van der Waals surface area contributed by atoms with Gasteiger partial charge in [-0.05, 0) is 23.8 Å². The lowest BCUT2D eigenvalue weighted by molar-refractivity contribution is -0.104. The van der Waals surface area contributed by atoms with Gasteiger partial charge in [0.25, 0.3) is 0 Å². The Morgan fingerprint density at radius 3 is 2.57 bits per heavy atom. The maximum Gasteiger partial charge on any atom is 0.142 e. The van der Waals surface area contributed by atoms with E-state index in [0.717, 1.165) is 5.56 Å². The van der Waals surface area contributed by atoms with E-state index in [2.05, 4.69) is 0 Å². The molecule has 1 aromatic carbocycles. The van der Waals surface area contributed by atoms with Crippen LogP contribution in [-0.2, 0) is 4.79 Å². The van der Waals surface area contributed by atoms with E-state index < -0.39 is 0 Å². The van der Waals surface area contributed by atoms with Gasteiger partial charge in [0, 0.05) is 0 Å². The van der Waals surface area contributed by atoms with Gasteiger partial charge in [0.15, 0.2) is 0 Å². The summed E-state index contributed by atoms with van der Waals surface area (Å²) in [6, 6.07) is 11.5. The Bertz CT molecular complexity index is 396. The number of carbonyl (C=O) groups is 1. The normalized spacial score (nSPS) is 11.2. The molecule has 0 saturated heterocycles. The summed E-state index contributed by atoms with van der Waals surface area (Å²) in [6.45, 7) is 0. The number of nitriles is 1. The molecule has 0 atom stereocenters. The molecule has 68 valence electrons. The summed E-state index contributed by atoms with van der Waals surface area (Å²) >= 11 is 0. The minimum Gasteiger partial charge on any atom is -0.299 e. The van der Waals surface area contributed by atoms with Crippen LogP contribution in [0.3, 0.4) is 0 Å². The molecule has 2 heteroatoms. The fourth-order valence-electron chi connectivity index (χ4n) is 0.989. The SMILES string of the molecule is N#CC(C=CC=O)=Cc1ccccc1. The Kier molecular flexibility index (Phi) is 3.90.